The highest BCUT2D eigenvalue weighted by Crippen LogP contribution is 2.20. The van der Waals surface area contributed by atoms with E-state index in [0.29, 0.717) is 0 Å². The summed E-state index contributed by atoms with van der Waals surface area (Å²) in [5, 5.41) is 0. The van der Waals surface area contributed by atoms with Crippen molar-refractivity contribution in [3.63, 3.8) is 0 Å². The van der Waals surface area contributed by atoms with Crippen LogP contribution in [-0.2, 0) is 9.53 Å². The second-order valence-electron chi connectivity index (χ2n) is 5.86. The lowest BCUT2D eigenvalue weighted by atomic mass is 9.95. The summed E-state index contributed by atoms with van der Waals surface area (Å²) in [7, 11) is 2.21. The molecule has 104 valence electrons. The lowest BCUT2D eigenvalue weighted by Crippen LogP contribution is -2.42. The predicted octanol–water partition coefficient (Wildman–Crippen LogP) is 1.36. The first-order valence-corrected chi connectivity index (χ1v) is 7.21. The molecular weight excluding hydrogens is 228 g/mol. The highest BCUT2D eigenvalue weighted by Gasteiger charge is 2.24. The van der Waals surface area contributed by atoms with Gasteiger partial charge in [-0.05, 0) is 51.7 Å². The van der Waals surface area contributed by atoms with Gasteiger partial charge in [0.2, 0.25) is 0 Å². The molecule has 0 aromatic carbocycles. The summed E-state index contributed by atoms with van der Waals surface area (Å²) in [5.74, 6) is 0.732. The van der Waals surface area contributed by atoms with Crippen LogP contribution < -0.4 is 0 Å². The highest BCUT2D eigenvalue weighted by molar-refractivity contribution is 5.66. The Bertz CT molecular complexity index is 267. The molecular formula is C14H26N2O2. The Morgan fingerprint density at radius 3 is 2.28 bits per heavy atom. The van der Waals surface area contributed by atoms with Gasteiger partial charge in [-0.1, -0.05) is 0 Å². The largest absolute Gasteiger partial charge is 0.462 e. The van der Waals surface area contributed by atoms with Crippen molar-refractivity contribution in [3.8, 4) is 0 Å². The van der Waals surface area contributed by atoms with Gasteiger partial charge in [0.05, 0.1) is 0 Å². The topological polar surface area (TPSA) is 32.8 Å². The maximum Gasteiger partial charge on any atom is 0.302 e. The summed E-state index contributed by atoms with van der Waals surface area (Å²) in [5.41, 5.74) is 0. The van der Waals surface area contributed by atoms with E-state index in [9.17, 15) is 4.79 Å². The van der Waals surface area contributed by atoms with Gasteiger partial charge in [-0.15, -0.1) is 0 Å². The Morgan fingerprint density at radius 1 is 1.11 bits per heavy atom. The maximum atomic E-state index is 10.9. The van der Waals surface area contributed by atoms with Crippen molar-refractivity contribution in [2.75, 3.05) is 39.8 Å². The molecule has 4 nitrogen and oxygen atoms in total. The minimum Gasteiger partial charge on any atom is -0.462 e. The quantitative estimate of drug-likeness (QED) is 0.712. The summed E-state index contributed by atoms with van der Waals surface area (Å²) in [6.45, 7) is 7.41. The molecule has 4 heteroatoms. The van der Waals surface area contributed by atoms with Crippen molar-refractivity contribution in [1.29, 1.82) is 0 Å². The van der Waals surface area contributed by atoms with Gasteiger partial charge in [0.25, 0.3) is 0 Å². The van der Waals surface area contributed by atoms with Gasteiger partial charge < -0.3 is 14.5 Å². The van der Waals surface area contributed by atoms with E-state index in [1.165, 1.54) is 39.4 Å². The third kappa shape index (κ3) is 4.25. The molecule has 2 aliphatic heterocycles. The van der Waals surface area contributed by atoms with Gasteiger partial charge in [-0.25, -0.2) is 0 Å². The number of nitrogens with zero attached hydrogens (tertiary/aromatic N) is 2. The molecule has 0 radical (unpaired) electrons. The second-order valence-corrected chi connectivity index (χ2v) is 5.86. The van der Waals surface area contributed by atoms with Crippen LogP contribution in [0.3, 0.4) is 0 Å². The molecule has 0 saturated carbocycles. The Kier molecular flexibility index (Phi) is 5.01. The van der Waals surface area contributed by atoms with Gasteiger partial charge in [0, 0.05) is 26.6 Å². The number of carbonyl (C=O) groups is 1. The van der Waals surface area contributed by atoms with E-state index in [4.69, 9.17) is 4.74 Å². The fraction of sp³-hybridized carbons (Fsp3) is 0.929. The summed E-state index contributed by atoms with van der Waals surface area (Å²) in [4.78, 5) is 15.9. The zero-order valence-corrected chi connectivity index (χ0v) is 11.7. The molecule has 18 heavy (non-hydrogen) atoms. The van der Waals surface area contributed by atoms with Gasteiger partial charge in [0.15, 0.2) is 0 Å². The second kappa shape index (κ2) is 6.53. The highest BCUT2D eigenvalue weighted by atomic mass is 16.5. The molecule has 2 fully saturated rings. The van der Waals surface area contributed by atoms with E-state index in [-0.39, 0.29) is 12.1 Å². The first-order valence-electron chi connectivity index (χ1n) is 7.21. The van der Waals surface area contributed by atoms with Crippen molar-refractivity contribution in [2.24, 2.45) is 5.92 Å². The number of rotatable bonds is 3. The number of hydrogen-bond donors (Lipinski definition) is 0. The van der Waals surface area contributed by atoms with Gasteiger partial charge >= 0.3 is 5.97 Å². The van der Waals surface area contributed by atoms with E-state index < -0.39 is 0 Å². The van der Waals surface area contributed by atoms with Crippen molar-refractivity contribution in [2.45, 2.75) is 38.7 Å². The fourth-order valence-electron chi connectivity index (χ4n) is 3.05. The monoisotopic (exact) mass is 254 g/mol. The van der Waals surface area contributed by atoms with E-state index in [0.717, 1.165) is 31.8 Å². The average molecular weight is 254 g/mol. The van der Waals surface area contributed by atoms with Crippen molar-refractivity contribution < 1.29 is 9.53 Å². The molecule has 0 unspecified atom stereocenters. The molecule has 0 aromatic heterocycles. The van der Waals surface area contributed by atoms with Crippen LogP contribution in [0.15, 0.2) is 0 Å². The molecule has 0 aliphatic carbocycles. The van der Waals surface area contributed by atoms with E-state index >= 15 is 0 Å². The smallest absolute Gasteiger partial charge is 0.302 e. The third-order valence-electron chi connectivity index (χ3n) is 4.22. The zero-order valence-electron chi connectivity index (χ0n) is 11.7. The van der Waals surface area contributed by atoms with Crippen LogP contribution in [0.5, 0.6) is 0 Å². The van der Waals surface area contributed by atoms with Crippen molar-refractivity contribution in [1.82, 2.24) is 9.80 Å². The molecule has 0 aromatic rings. The van der Waals surface area contributed by atoms with Crippen LogP contribution in [0.25, 0.3) is 0 Å². The maximum absolute atomic E-state index is 10.9. The summed E-state index contributed by atoms with van der Waals surface area (Å²) < 4.78 is 5.27. The summed E-state index contributed by atoms with van der Waals surface area (Å²) in [6, 6.07) is 0. The first kappa shape index (κ1) is 13.8. The lowest BCUT2D eigenvalue weighted by molar-refractivity contribution is -0.148. The number of esters is 1. The Balaban J connectivity index is 1.65. The van der Waals surface area contributed by atoms with Crippen LogP contribution in [0.1, 0.15) is 32.6 Å². The molecule has 0 amide bonds. The van der Waals surface area contributed by atoms with Crippen LogP contribution >= 0.6 is 0 Å². The zero-order chi connectivity index (χ0) is 13.0. The Labute approximate surface area is 110 Å². The van der Waals surface area contributed by atoms with Gasteiger partial charge in [0.1, 0.15) is 6.10 Å². The number of piperidine rings is 2. The molecule has 2 saturated heterocycles. The van der Waals surface area contributed by atoms with Crippen molar-refractivity contribution >= 4 is 5.97 Å². The minimum absolute atomic E-state index is 0.135. The SMILES string of the molecule is CC(=O)OC1CCN(CC2CCN(C)CC2)CC1. The molecule has 2 rings (SSSR count). The minimum atomic E-state index is -0.135. The summed E-state index contributed by atoms with van der Waals surface area (Å²) in [6.07, 6.45) is 4.84. The van der Waals surface area contributed by atoms with Crippen molar-refractivity contribution in [3.05, 3.63) is 0 Å². The van der Waals surface area contributed by atoms with Gasteiger partial charge in [-0.2, -0.15) is 0 Å². The Hall–Kier alpha value is -0.610. The van der Waals surface area contributed by atoms with Crippen LogP contribution in [0, 0.1) is 5.92 Å². The van der Waals surface area contributed by atoms with Crippen LogP contribution in [0.4, 0.5) is 0 Å². The van der Waals surface area contributed by atoms with E-state index in [2.05, 4.69) is 16.8 Å². The van der Waals surface area contributed by atoms with Crippen LogP contribution in [-0.4, -0.2) is 61.6 Å². The summed E-state index contributed by atoms with van der Waals surface area (Å²) >= 11 is 0. The molecule has 2 heterocycles. The molecule has 0 atom stereocenters. The first-order chi connectivity index (χ1) is 8.63. The Morgan fingerprint density at radius 2 is 1.72 bits per heavy atom. The normalized spacial score (nSPS) is 25.2. The van der Waals surface area contributed by atoms with Gasteiger partial charge in [-0.3, -0.25) is 4.79 Å². The molecule has 0 spiro atoms. The number of hydrogen-bond acceptors (Lipinski definition) is 4. The predicted molar refractivity (Wildman–Crippen MR) is 71.4 cm³/mol. The molecule has 0 N–H and O–H groups in total. The fourth-order valence-corrected chi connectivity index (χ4v) is 3.05. The van der Waals surface area contributed by atoms with E-state index in [1.807, 2.05) is 0 Å². The lowest BCUT2D eigenvalue weighted by Gasteiger charge is -2.36. The average Bonchev–Trinajstić information content (AvgIpc) is 2.34. The standard InChI is InChI=1S/C14H26N2O2/c1-12(17)18-14-5-9-16(10-6-14)11-13-3-7-15(2)8-4-13/h13-14H,3-11H2,1-2H3. The van der Waals surface area contributed by atoms with Crippen LogP contribution in [0.2, 0.25) is 0 Å². The molecule has 0 bridgehead atoms. The number of likely N-dealkylation sites (tertiary alicyclic amines) is 2. The van der Waals surface area contributed by atoms with E-state index in [1.54, 1.807) is 0 Å². The number of ether oxygens (including phenoxy) is 1. The number of carbonyl (C=O) groups excluding carboxylic acids is 1. The third-order valence-corrected chi connectivity index (χ3v) is 4.22. The molecule has 2 aliphatic rings.